The molecule has 0 amide bonds. The molecule has 0 saturated heterocycles. The Labute approximate surface area is 124 Å². The topological polar surface area (TPSA) is 127 Å². The standard InChI is InChI=1S/C15H12O7/c16-7-4-10(19)12-11(5-7)22-15(14(21)13(12)20)6-1-2-8(17)9(18)3-6/h1-5,14-19,21H/t14-,15+/m0/s1. The number of phenolic OH excluding ortho intramolecular Hbond substituents is 4. The third kappa shape index (κ3) is 2.08. The summed E-state index contributed by atoms with van der Waals surface area (Å²) in [6.45, 7) is 0. The van der Waals surface area contributed by atoms with Crippen molar-refractivity contribution in [2.24, 2.45) is 0 Å². The number of Topliss-reactive ketones (excluding diaryl/α,β-unsaturated/α-hetero) is 1. The Hall–Kier alpha value is -2.93. The monoisotopic (exact) mass is 304 g/mol. The van der Waals surface area contributed by atoms with Crippen molar-refractivity contribution < 1.29 is 35.1 Å². The third-order valence-corrected chi connectivity index (χ3v) is 3.45. The number of ether oxygens (including phenoxy) is 1. The van der Waals surface area contributed by atoms with Gasteiger partial charge >= 0.3 is 0 Å². The fourth-order valence-corrected chi connectivity index (χ4v) is 2.38. The van der Waals surface area contributed by atoms with Crippen molar-refractivity contribution in [3.8, 4) is 28.7 Å². The minimum Gasteiger partial charge on any atom is -0.508 e. The molecule has 7 heteroatoms. The molecule has 2 aromatic rings. The van der Waals surface area contributed by atoms with Gasteiger partial charge in [-0.3, -0.25) is 4.79 Å². The minimum atomic E-state index is -1.60. The lowest BCUT2D eigenvalue weighted by atomic mass is 9.92. The molecule has 7 nitrogen and oxygen atoms in total. The molecule has 1 aliphatic rings. The van der Waals surface area contributed by atoms with Crippen LogP contribution in [0.5, 0.6) is 28.7 Å². The third-order valence-electron chi connectivity index (χ3n) is 3.45. The number of aliphatic hydroxyl groups excluding tert-OH is 1. The van der Waals surface area contributed by atoms with E-state index in [0.29, 0.717) is 0 Å². The Balaban J connectivity index is 2.08. The first-order chi connectivity index (χ1) is 10.4. The molecule has 1 aliphatic heterocycles. The van der Waals surface area contributed by atoms with Gasteiger partial charge < -0.3 is 30.3 Å². The lowest BCUT2D eigenvalue weighted by Gasteiger charge is -2.30. The number of carbonyl (C=O) groups is 1. The summed E-state index contributed by atoms with van der Waals surface area (Å²) < 4.78 is 5.47. The van der Waals surface area contributed by atoms with E-state index < -0.39 is 29.5 Å². The maximum atomic E-state index is 12.2. The smallest absolute Gasteiger partial charge is 0.202 e. The number of rotatable bonds is 1. The van der Waals surface area contributed by atoms with Gasteiger partial charge in [-0.05, 0) is 17.7 Å². The molecule has 22 heavy (non-hydrogen) atoms. The SMILES string of the molecule is O=C1c2c(O)cc(O)cc2O[C@H](c2ccc(O)c(O)c2)[C@H]1O. The second-order valence-corrected chi connectivity index (χ2v) is 4.93. The molecule has 1 heterocycles. The lowest BCUT2D eigenvalue weighted by Crippen LogP contribution is -2.36. The van der Waals surface area contributed by atoms with Crippen molar-refractivity contribution >= 4 is 5.78 Å². The van der Waals surface area contributed by atoms with Crippen LogP contribution in [-0.4, -0.2) is 37.4 Å². The molecule has 5 N–H and O–H groups in total. The van der Waals surface area contributed by atoms with E-state index >= 15 is 0 Å². The summed E-state index contributed by atoms with van der Waals surface area (Å²) in [5.74, 6) is -2.41. The highest BCUT2D eigenvalue weighted by Gasteiger charge is 2.39. The van der Waals surface area contributed by atoms with Crippen LogP contribution in [0.3, 0.4) is 0 Å². The molecule has 0 spiro atoms. The van der Waals surface area contributed by atoms with Crippen molar-refractivity contribution in [1.82, 2.24) is 0 Å². The Morgan fingerprint density at radius 1 is 0.909 bits per heavy atom. The van der Waals surface area contributed by atoms with Gasteiger partial charge in [0.05, 0.1) is 0 Å². The summed E-state index contributed by atoms with van der Waals surface area (Å²) in [6.07, 6.45) is -2.75. The predicted octanol–water partition coefficient (Wildman–Crippen LogP) is 1.19. The van der Waals surface area contributed by atoms with Gasteiger partial charge in [-0.2, -0.15) is 0 Å². The summed E-state index contributed by atoms with van der Waals surface area (Å²) in [4.78, 5) is 12.2. The highest BCUT2D eigenvalue weighted by Crippen LogP contribution is 2.42. The summed E-state index contributed by atoms with van der Waals surface area (Å²) in [5.41, 5.74) is 0.0363. The van der Waals surface area contributed by atoms with Crippen molar-refractivity contribution in [2.75, 3.05) is 0 Å². The fraction of sp³-hybridized carbons (Fsp3) is 0.133. The van der Waals surface area contributed by atoms with Crippen molar-refractivity contribution in [3.05, 3.63) is 41.5 Å². The molecule has 0 bridgehead atoms. The molecule has 0 aromatic heterocycles. The average Bonchev–Trinajstić information content (AvgIpc) is 2.45. The Bertz CT molecular complexity index is 769. The zero-order chi connectivity index (χ0) is 16.0. The molecule has 0 fully saturated rings. The Morgan fingerprint density at radius 2 is 1.64 bits per heavy atom. The van der Waals surface area contributed by atoms with E-state index in [9.17, 15) is 30.3 Å². The van der Waals surface area contributed by atoms with E-state index in [0.717, 1.165) is 18.2 Å². The van der Waals surface area contributed by atoms with Crippen LogP contribution in [0, 0.1) is 0 Å². The first-order valence-electron chi connectivity index (χ1n) is 6.35. The van der Waals surface area contributed by atoms with Gasteiger partial charge in [-0.25, -0.2) is 0 Å². The largest absolute Gasteiger partial charge is 0.508 e. The molecule has 2 aromatic carbocycles. The van der Waals surface area contributed by atoms with Crippen molar-refractivity contribution in [1.29, 1.82) is 0 Å². The van der Waals surface area contributed by atoms with Gasteiger partial charge in [-0.1, -0.05) is 6.07 Å². The van der Waals surface area contributed by atoms with Crippen LogP contribution >= 0.6 is 0 Å². The zero-order valence-corrected chi connectivity index (χ0v) is 11.1. The molecule has 0 unspecified atom stereocenters. The Morgan fingerprint density at radius 3 is 2.32 bits per heavy atom. The number of ketones is 1. The quantitative estimate of drug-likeness (QED) is 0.501. The second-order valence-electron chi connectivity index (χ2n) is 4.93. The molecular formula is C15H12O7. The fourth-order valence-electron chi connectivity index (χ4n) is 2.38. The number of carbonyl (C=O) groups excluding carboxylic acids is 1. The highest BCUT2D eigenvalue weighted by atomic mass is 16.5. The van der Waals surface area contributed by atoms with Crippen LogP contribution in [-0.2, 0) is 0 Å². The first-order valence-corrected chi connectivity index (χ1v) is 6.35. The van der Waals surface area contributed by atoms with Crippen LogP contribution in [0.2, 0.25) is 0 Å². The van der Waals surface area contributed by atoms with Crippen LogP contribution in [0.4, 0.5) is 0 Å². The maximum Gasteiger partial charge on any atom is 0.202 e. The van der Waals surface area contributed by atoms with E-state index in [4.69, 9.17) is 4.74 Å². The van der Waals surface area contributed by atoms with E-state index in [2.05, 4.69) is 0 Å². The number of hydrogen-bond donors (Lipinski definition) is 5. The number of benzene rings is 2. The van der Waals surface area contributed by atoms with Gasteiger partial charge in [-0.15, -0.1) is 0 Å². The number of fused-ring (bicyclic) bond motifs is 1. The molecule has 2 atom stereocenters. The van der Waals surface area contributed by atoms with Crippen LogP contribution in [0.1, 0.15) is 22.0 Å². The van der Waals surface area contributed by atoms with Crippen LogP contribution in [0.25, 0.3) is 0 Å². The van der Waals surface area contributed by atoms with Gasteiger partial charge in [0.2, 0.25) is 5.78 Å². The average molecular weight is 304 g/mol. The van der Waals surface area contributed by atoms with Gasteiger partial charge in [0.25, 0.3) is 0 Å². The van der Waals surface area contributed by atoms with E-state index in [1.165, 1.54) is 12.1 Å². The van der Waals surface area contributed by atoms with E-state index in [1.807, 2.05) is 0 Å². The number of aliphatic hydroxyl groups is 1. The summed E-state index contributed by atoms with van der Waals surface area (Å²) in [5, 5.41) is 48.1. The molecule has 3 rings (SSSR count). The molecule has 114 valence electrons. The first kappa shape index (κ1) is 14.0. The summed E-state index contributed by atoms with van der Waals surface area (Å²) in [7, 11) is 0. The normalized spacial score (nSPS) is 20.3. The maximum absolute atomic E-state index is 12.2. The second kappa shape index (κ2) is 4.81. The molecule has 0 saturated carbocycles. The number of aromatic hydroxyl groups is 4. The zero-order valence-electron chi connectivity index (χ0n) is 11.1. The molecular weight excluding hydrogens is 292 g/mol. The number of phenols is 4. The van der Waals surface area contributed by atoms with E-state index in [1.54, 1.807) is 0 Å². The van der Waals surface area contributed by atoms with Gasteiger partial charge in [0, 0.05) is 12.1 Å². The lowest BCUT2D eigenvalue weighted by molar-refractivity contribution is 0.0210. The number of hydrogen-bond acceptors (Lipinski definition) is 7. The minimum absolute atomic E-state index is 0.0784. The van der Waals surface area contributed by atoms with E-state index in [-0.39, 0.29) is 28.4 Å². The van der Waals surface area contributed by atoms with Crippen LogP contribution < -0.4 is 4.74 Å². The molecule has 0 aliphatic carbocycles. The van der Waals surface area contributed by atoms with Crippen molar-refractivity contribution in [3.63, 3.8) is 0 Å². The predicted molar refractivity (Wildman–Crippen MR) is 73.2 cm³/mol. The Kier molecular flexibility index (Phi) is 3.07. The van der Waals surface area contributed by atoms with Crippen molar-refractivity contribution in [2.45, 2.75) is 12.2 Å². The molecule has 0 radical (unpaired) electrons. The van der Waals surface area contributed by atoms with Gasteiger partial charge in [0.15, 0.2) is 23.7 Å². The summed E-state index contributed by atoms with van der Waals surface area (Å²) >= 11 is 0. The summed E-state index contributed by atoms with van der Waals surface area (Å²) in [6, 6.07) is 5.85. The van der Waals surface area contributed by atoms with Gasteiger partial charge in [0.1, 0.15) is 22.8 Å². The van der Waals surface area contributed by atoms with Crippen LogP contribution in [0.15, 0.2) is 30.3 Å². The highest BCUT2D eigenvalue weighted by molar-refractivity contribution is 6.05.